The maximum absolute atomic E-state index is 10.5. The highest BCUT2D eigenvalue weighted by molar-refractivity contribution is 7.86. The normalized spacial score (nSPS) is 11.2. The van der Waals surface area contributed by atoms with Crippen molar-refractivity contribution in [2.45, 2.75) is 0 Å². The Balaban J connectivity index is 0.000000149. The molecule has 0 aliphatic rings. The third-order valence-corrected chi connectivity index (χ3v) is 1.35. The van der Waals surface area contributed by atoms with Gasteiger partial charge in [0, 0.05) is 10.8 Å². The van der Waals surface area contributed by atoms with Gasteiger partial charge < -0.3 is 0 Å². The number of rotatable bonds is 0. The summed E-state index contributed by atoms with van der Waals surface area (Å²) < 4.78 is 18.4. The highest BCUT2D eigenvalue weighted by Gasteiger charge is 2.07. The lowest BCUT2D eigenvalue weighted by molar-refractivity contribution is 0.599. The van der Waals surface area contributed by atoms with Gasteiger partial charge in [0.2, 0.25) is 0 Å². The van der Waals surface area contributed by atoms with Crippen molar-refractivity contribution in [1.82, 2.24) is 0 Å². The van der Waals surface area contributed by atoms with E-state index in [4.69, 9.17) is 0 Å². The third-order valence-electron chi connectivity index (χ3n) is 1.35. The number of nitrogens with two attached hydrogens (primary N) is 2. The minimum absolute atomic E-state index is 0.218. The number of fused-ring (bicyclic) bond motifs is 1. The van der Waals surface area contributed by atoms with E-state index in [1.54, 1.807) is 0 Å². The molecule has 0 radical (unpaired) electrons. The largest absolute Gasteiger partial charge is 0.289 e. The first-order valence-corrected chi connectivity index (χ1v) is 4.95. The lowest BCUT2D eigenvalue weighted by Gasteiger charge is -1.72. The first-order chi connectivity index (χ1) is 5.89. The summed E-state index contributed by atoms with van der Waals surface area (Å²) in [5.74, 6) is 0. The molecule has 0 aliphatic carbocycles. The molecule has 2 aromatic carbocycles. The molecule has 70 valence electrons. The van der Waals surface area contributed by atoms with Crippen molar-refractivity contribution in [3.05, 3.63) is 34.5 Å². The van der Waals surface area contributed by atoms with Crippen LogP contribution in [0, 0.1) is 0 Å². The van der Waals surface area contributed by atoms with Crippen molar-refractivity contribution >= 4 is 21.0 Å². The van der Waals surface area contributed by atoms with E-state index in [9.17, 15) is 13.2 Å². The molecule has 0 unspecified atom stereocenters. The molecule has 5 nitrogen and oxygen atoms in total. The lowest BCUT2D eigenvalue weighted by Crippen LogP contribution is -2.21. The average Bonchev–Trinajstić information content (AvgIpc) is 2.61. The van der Waals surface area contributed by atoms with Gasteiger partial charge in [-0.2, -0.15) is 8.42 Å². The second-order valence-electron chi connectivity index (χ2n) is 2.46. The van der Waals surface area contributed by atoms with E-state index in [0.717, 1.165) is 10.8 Å². The zero-order chi connectivity index (χ0) is 10.1. The first kappa shape index (κ1) is 9.85. The van der Waals surface area contributed by atoms with Crippen LogP contribution < -0.4 is 15.7 Å². The molecular formula is C7H8N2O3S. The Labute approximate surface area is 74.8 Å². The van der Waals surface area contributed by atoms with Crippen molar-refractivity contribution < 1.29 is 8.42 Å². The summed E-state index contributed by atoms with van der Waals surface area (Å²) in [6.07, 6.45) is 0. The molecule has 4 N–H and O–H groups in total. The van der Waals surface area contributed by atoms with Gasteiger partial charge in [-0.1, -0.05) is 24.3 Å². The Morgan fingerprint density at radius 1 is 1.00 bits per heavy atom. The van der Waals surface area contributed by atoms with Crippen LogP contribution in [0.15, 0.2) is 29.1 Å². The third kappa shape index (κ3) is 3.32. The lowest BCUT2D eigenvalue weighted by atomic mass is 10.4. The topological polar surface area (TPSA) is 103 Å². The van der Waals surface area contributed by atoms with Crippen LogP contribution in [0.1, 0.15) is 0 Å². The van der Waals surface area contributed by atoms with Crippen LogP contribution in [0.2, 0.25) is 0 Å². The predicted molar refractivity (Wildman–Crippen MR) is 49.9 cm³/mol. The van der Waals surface area contributed by atoms with E-state index in [1.165, 1.54) is 0 Å². The fraction of sp³-hybridized carbons (Fsp3) is 0. The average molecular weight is 200 g/mol. The van der Waals surface area contributed by atoms with Crippen LogP contribution in [0.25, 0.3) is 10.8 Å². The summed E-state index contributed by atoms with van der Waals surface area (Å²) in [4.78, 5) is 10.5. The van der Waals surface area contributed by atoms with Gasteiger partial charge in [-0.25, -0.2) is 10.3 Å². The SMILES string of the molecule is NS(N)(=O)=O.O=c1c2ccccc12. The van der Waals surface area contributed by atoms with Gasteiger partial charge in [0.15, 0.2) is 5.43 Å². The molecule has 0 aromatic heterocycles. The second kappa shape index (κ2) is 3.25. The zero-order valence-electron chi connectivity index (χ0n) is 6.60. The van der Waals surface area contributed by atoms with Crippen LogP contribution in [-0.4, -0.2) is 8.42 Å². The van der Waals surface area contributed by atoms with Crippen molar-refractivity contribution in [2.75, 3.05) is 0 Å². The van der Waals surface area contributed by atoms with Gasteiger partial charge >= 0.3 is 0 Å². The maximum atomic E-state index is 10.5. The van der Waals surface area contributed by atoms with Gasteiger partial charge in [0.1, 0.15) is 0 Å². The van der Waals surface area contributed by atoms with E-state index in [0.29, 0.717) is 0 Å². The molecule has 2 rings (SSSR count). The van der Waals surface area contributed by atoms with E-state index < -0.39 is 10.2 Å². The van der Waals surface area contributed by atoms with Gasteiger partial charge in [0.05, 0.1) is 0 Å². The Morgan fingerprint density at radius 2 is 1.31 bits per heavy atom. The standard InChI is InChI=1S/C7H4O.H4N2O2S/c8-7-5-3-1-2-4-6(5)7;1-5(2,3)4/h1-4H;(H4,1,2,3,4). The molecule has 2 aromatic rings. The van der Waals surface area contributed by atoms with E-state index in [1.807, 2.05) is 24.3 Å². The fourth-order valence-corrected chi connectivity index (χ4v) is 0.833. The van der Waals surface area contributed by atoms with E-state index in [2.05, 4.69) is 10.3 Å². The van der Waals surface area contributed by atoms with Gasteiger partial charge in [-0.05, 0) is 0 Å². The van der Waals surface area contributed by atoms with Crippen LogP contribution in [-0.2, 0) is 10.2 Å². The number of hydrogen-bond donors (Lipinski definition) is 2. The Morgan fingerprint density at radius 3 is 1.54 bits per heavy atom. The van der Waals surface area contributed by atoms with Crippen molar-refractivity contribution in [2.24, 2.45) is 10.3 Å². The zero-order valence-corrected chi connectivity index (χ0v) is 7.41. The monoisotopic (exact) mass is 200 g/mol. The Hall–Kier alpha value is -1.24. The van der Waals surface area contributed by atoms with Crippen LogP contribution in [0.5, 0.6) is 0 Å². The minimum atomic E-state index is -3.67. The summed E-state index contributed by atoms with van der Waals surface area (Å²) in [5, 5.41) is 10.0. The van der Waals surface area contributed by atoms with Crippen molar-refractivity contribution in [3.63, 3.8) is 0 Å². The second-order valence-corrected chi connectivity index (χ2v) is 3.64. The van der Waals surface area contributed by atoms with Crippen molar-refractivity contribution in [3.8, 4) is 0 Å². The maximum Gasteiger partial charge on any atom is 0.271 e. The summed E-state index contributed by atoms with van der Waals surface area (Å²) in [6.45, 7) is 0. The van der Waals surface area contributed by atoms with Crippen LogP contribution in [0.4, 0.5) is 0 Å². The molecule has 0 atom stereocenters. The molecule has 0 saturated heterocycles. The fourth-order valence-electron chi connectivity index (χ4n) is 0.833. The van der Waals surface area contributed by atoms with Crippen LogP contribution in [0.3, 0.4) is 0 Å². The van der Waals surface area contributed by atoms with E-state index in [-0.39, 0.29) is 5.43 Å². The Bertz CT molecular complexity index is 484. The molecule has 0 heterocycles. The predicted octanol–water partition coefficient (Wildman–Crippen LogP) is -0.776. The van der Waals surface area contributed by atoms with Gasteiger partial charge in [0.25, 0.3) is 10.2 Å². The van der Waals surface area contributed by atoms with E-state index >= 15 is 0 Å². The highest BCUT2D eigenvalue weighted by atomic mass is 32.2. The van der Waals surface area contributed by atoms with Crippen molar-refractivity contribution in [1.29, 1.82) is 0 Å². The molecule has 6 heteroatoms. The number of benzene rings is 1. The summed E-state index contributed by atoms with van der Waals surface area (Å²) in [6, 6.07) is 7.45. The molecule has 0 bridgehead atoms. The molecular weight excluding hydrogens is 192 g/mol. The smallest absolute Gasteiger partial charge is 0.271 e. The molecule has 0 amide bonds. The molecule has 0 spiro atoms. The molecule has 0 saturated carbocycles. The van der Waals surface area contributed by atoms with Crippen LogP contribution >= 0.6 is 0 Å². The summed E-state index contributed by atoms with van der Waals surface area (Å²) >= 11 is 0. The molecule has 0 fully saturated rings. The minimum Gasteiger partial charge on any atom is -0.289 e. The highest BCUT2D eigenvalue weighted by Crippen LogP contribution is 2.11. The quantitative estimate of drug-likeness (QED) is 0.583. The molecule has 0 aliphatic heterocycles. The molecule has 13 heavy (non-hydrogen) atoms. The van der Waals surface area contributed by atoms with Gasteiger partial charge in [-0.15, -0.1) is 0 Å². The number of hydrogen-bond acceptors (Lipinski definition) is 3. The van der Waals surface area contributed by atoms with Gasteiger partial charge in [-0.3, -0.25) is 4.79 Å². The first-order valence-electron chi connectivity index (χ1n) is 3.34. The summed E-state index contributed by atoms with van der Waals surface area (Å²) in [7, 11) is -3.67. The Kier molecular flexibility index (Phi) is 2.46. The summed E-state index contributed by atoms with van der Waals surface area (Å²) in [5.41, 5.74) is 0.218.